The molecule has 0 unspecified atom stereocenters. The second-order valence-corrected chi connectivity index (χ2v) is 7.87. The standard InChI is InChI=1S/C24H26N4O4/c1-30-18-11-16(12-19(14-18)31-2)21-13-17-15-26-23-20(3-4-25-23)22(17)28(24(21)29)6-5-27-7-9-32-10-8-27/h3-4,11-15H,5-10H2,1-2H3,(H,25,26). The molecule has 0 amide bonds. The molecule has 5 rings (SSSR count). The summed E-state index contributed by atoms with van der Waals surface area (Å²) < 4.78 is 18.2. The lowest BCUT2D eigenvalue weighted by atomic mass is 10.0. The van der Waals surface area contributed by atoms with Gasteiger partial charge in [-0.25, -0.2) is 4.98 Å². The van der Waals surface area contributed by atoms with E-state index in [0.29, 0.717) is 23.6 Å². The van der Waals surface area contributed by atoms with Crippen molar-refractivity contribution >= 4 is 21.9 Å². The number of nitrogens with zero attached hydrogens (tertiary/aromatic N) is 3. The molecule has 4 aromatic rings. The average molecular weight is 434 g/mol. The highest BCUT2D eigenvalue weighted by Gasteiger charge is 2.17. The number of fused-ring (bicyclic) bond motifs is 3. The first kappa shape index (κ1) is 20.5. The molecule has 8 heteroatoms. The first-order valence-corrected chi connectivity index (χ1v) is 10.7. The van der Waals surface area contributed by atoms with Gasteiger partial charge in [-0.15, -0.1) is 0 Å². The fourth-order valence-electron chi connectivity index (χ4n) is 4.33. The van der Waals surface area contributed by atoms with E-state index in [2.05, 4.69) is 14.9 Å². The molecule has 0 spiro atoms. The molecule has 1 aliphatic rings. The third-order valence-corrected chi connectivity index (χ3v) is 6.04. The van der Waals surface area contributed by atoms with Gasteiger partial charge in [0.1, 0.15) is 17.1 Å². The topological polar surface area (TPSA) is 81.6 Å². The summed E-state index contributed by atoms with van der Waals surface area (Å²) in [5, 5.41) is 1.85. The van der Waals surface area contributed by atoms with E-state index in [4.69, 9.17) is 14.2 Å². The van der Waals surface area contributed by atoms with Gasteiger partial charge in [-0.2, -0.15) is 0 Å². The Morgan fingerprint density at radius 2 is 1.81 bits per heavy atom. The number of benzene rings is 1. The Hall–Kier alpha value is -3.36. The molecule has 1 saturated heterocycles. The fourth-order valence-corrected chi connectivity index (χ4v) is 4.33. The van der Waals surface area contributed by atoms with Crippen LogP contribution in [0.1, 0.15) is 0 Å². The molecule has 0 atom stereocenters. The third kappa shape index (κ3) is 3.72. The van der Waals surface area contributed by atoms with Crippen LogP contribution in [0.5, 0.6) is 11.5 Å². The number of hydrogen-bond acceptors (Lipinski definition) is 6. The SMILES string of the molecule is COc1cc(OC)cc(-c2cc3cnc4[nH]ccc4c3n(CCN3CCOCC3)c2=O)c1. The molecule has 0 saturated carbocycles. The first-order chi connectivity index (χ1) is 15.7. The monoisotopic (exact) mass is 434 g/mol. The van der Waals surface area contributed by atoms with Gasteiger partial charge in [0.15, 0.2) is 0 Å². The van der Waals surface area contributed by atoms with Crippen molar-refractivity contribution in [2.24, 2.45) is 0 Å². The Kier molecular flexibility index (Phi) is 5.55. The summed E-state index contributed by atoms with van der Waals surface area (Å²) in [6.45, 7) is 4.56. The number of ether oxygens (including phenoxy) is 3. The lowest BCUT2D eigenvalue weighted by Crippen LogP contribution is -2.39. The lowest BCUT2D eigenvalue weighted by molar-refractivity contribution is 0.0364. The number of methoxy groups -OCH3 is 2. The zero-order valence-corrected chi connectivity index (χ0v) is 18.3. The summed E-state index contributed by atoms with van der Waals surface area (Å²) in [4.78, 5) is 23.9. The van der Waals surface area contributed by atoms with Crippen LogP contribution in [0.15, 0.2) is 47.5 Å². The smallest absolute Gasteiger partial charge is 0.258 e. The second kappa shape index (κ2) is 8.64. The average Bonchev–Trinajstić information content (AvgIpc) is 3.32. The Bertz CT molecular complexity index is 1300. The van der Waals surface area contributed by atoms with E-state index >= 15 is 0 Å². The Morgan fingerprint density at radius 3 is 2.53 bits per heavy atom. The number of pyridine rings is 2. The highest BCUT2D eigenvalue weighted by molar-refractivity contribution is 6.03. The largest absolute Gasteiger partial charge is 0.497 e. The maximum Gasteiger partial charge on any atom is 0.258 e. The number of rotatable bonds is 6. The van der Waals surface area contributed by atoms with Gasteiger partial charge in [0.25, 0.3) is 5.56 Å². The van der Waals surface area contributed by atoms with E-state index in [0.717, 1.165) is 60.3 Å². The van der Waals surface area contributed by atoms with Crippen LogP contribution in [0.2, 0.25) is 0 Å². The van der Waals surface area contributed by atoms with Crippen LogP contribution in [0.25, 0.3) is 33.1 Å². The number of nitrogens with one attached hydrogen (secondary N) is 1. The van der Waals surface area contributed by atoms with Crippen molar-refractivity contribution in [3.8, 4) is 22.6 Å². The Labute approximate surface area is 185 Å². The minimum Gasteiger partial charge on any atom is -0.497 e. The predicted octanol–water partition coefficient (Wildman–Crippen LogP) is 2.89. The summed E-state index contributed by atoms with van der Waals surface area (Å²) in [5.74, 6) is 1.27. The number of aromatic nitrogens is 3. The Morgan fingerprint density at radius 1 is 1.06 bits per heavy atom. The molecule has 8 nitrogen and oxygen atoms in total. The van der Waals surface area contributed by atoms with Crippen LogP contribution in [-0.2, 0) is 11.3 Å². The lowest BCUT2D eigenvalue weighted by Gasteiger charge is -2.27. The second-order valence-electron chi connectivity index (χ2n) is 7.87. The highest BCUT2D eigenvalue weighted by Crippen LogP contribution is 2.31. The maximum atomic E-state index is 13.8. The van der Waals surface area contributed by atoms with Gasteiger partial charge in [-0.1, -0.05) is 0 Å². The van der Waals surface area contributed by atoms with Crippen LogP contribution >= 0.6 is 0 Å². The molecule has 1 fully saturated rings. The fraction of sp³-hybridized carbons (Fsp3) is 0.333. The maximum absolute atomic E-state index is 13.8. The van der Waals surface area contributed by atoms with Crippen LogP contribution in [0.4, 0.5) is 0 Å². The minimum absolute atomic E-state index is 0.0465. The van der Waals surface area contributed by atoms with Gasteiger partial charge in [0, 0.05) is 61.0 Å². The normalized spacial score (nSPS) is 14.8. The van der Waals surface area contributed by atoms with E-state index in [1.54, 1.807) is 20.3 Å². The van der Waals surface area contributed by atoms with Gasteiger partial charge in [0.05, 0.1) is 33.0 Å². The van der Waals surface area contributed by atoms with Crippen molar-refractivity contribution in [3.05, 3.63) is 53.1 Å². The van der Waals surface area contributed by atoms with Gasteiger partial charge in [-0.05, 0) is 29.8 Å². The van der Waals surface area contributed by atoms with Gasteiger partial charge >= 0.3 is 0 Å². The predicted molar refractivity (Wildman–Crippen MR) is 124 cm³/mol. The first-order valence-electron chi connectivity index (χ1n) is 10.7. The minimum atomic E-state index is -0.0465. The van der Waals surface area contributed by atoms with E-state index < -0.39 is 0 Å². The molecule has 4 heterocycles. The molecule has 1 aromatic carbocycles. The van der Waals surface area contributed by atoms with Crippen molar-refractivity contribution in [1.82, 2.24) is 19.4 Å². The van der Waals surface area contributed by atoms with Crippen molar-refractivity contribution in [1.29, 1.82) is 0 Å². The molecule has 0 radical (unpaired) electrons. The van der Waals surface area contributed by atoms with Gasteiger partial charge < -0.3 is 23.8 Å². The van der Waals surface area contributed by atoms with Gasteiger partial charge in [0.2, 0.25) is 0 Å². The van der Waals surface area contributed by atoms with E-state index in [1.807, 2.05) is 41.2 Å². The van der Waals surface area contributed by atoms with Crippen molar-refractivity contribution in [2.75, 3.05) is 47.1 Å². The molecular formula is C24H26N4O4. The third-order valence-electron chi connectivity index (χ3n) is 6.04. The van der Waals surface area contributed by atoms with E-state index in [-0.39, 0.29) is 5.56 Å². The zero-order chi connectivity index (χ0) is 22.1. The van der Waals surface area contributed by atoms with E-state index in [1.165, 1.54) is 0 Å². The summed E-state index contributed by atoms with van der Waals surface area (Å²) in [6.07, 6.45) is 3.68. The molecule has 3 aromatic heterocycles. The highest BCUT2D eigenvalue weighted by atomic mass is 16.5. The van der Waals surface area contributed by atoms with Gasteiger partial charge in [-0.3, -0.25) is 9.69 Å². The molecule has 1 N–H and O–H groups in total. The number of H-pyrrole nitrogens is 1. The number of hydrogen-bond donors (Lipinski definition) is 1. The van der Waals surface area contributed by atoms with Crippen LogP contribution in [0, 0.1) is 0 Å². The van der Waals surface area contributed by atoms with Crippen molar-refractivity contribution in [3.63, 3.8) is 0 Å². The van der Waals surface area contributed by atoms with Crippen molar-refractivity contribution in [2.45, 2.75) is 6.54 Å². The quantitative estimate of drug-likeness (QED) is 0.503. The summed E-state index contributed by atoms with van der Waals surface area (Å²) in [7, 11) is 3.21. The van der Waals surface area contributed by atoms with E-state index in [9.17, 15) is 4.79 Å². The Balaban J connectivity index is 1.69. The van der Waals surface area contributed by atoms with Crippen molar-refractivity contribution < 1.29 is 14.2 Å². The molecular weight excluding hydrogens is 408 g/mol. The number of aromatic amines is 1. The molecule has 0 bridgehead atoms. The molecule has 32 heavy (non-hydrogen) atoms. The molecule has 0 aliphatic carbocycles. The summed E-state index contributed by atoms with van der Waals surface area (Å²) >= 11 is 0. The summed E-state index contributed by atoms with van der Waals surface area (Å²) in [5.41, 5.74) is 2.96. The summed E-state index contributed by atoms with van der Waals surface area (Å²) in [6, 6.07) is 9.41. The zero-order valence-electron chi connectivity index (χ0n) is 18.3. The van der Waals surface area contributed by atoms with Crippen LogP contribution < -0.4 is 15.0 Å². The molecule has 166 valence electrons. The van der Waals surface area contributed by atoms with Crippen LogP contribution in [-0.4, -0.2) is 66.5 Å². The molecule has 1 aliphatic heterocycles. The number of morpholine rings is 1. The van der Waals surface area contributed by atoms with Crippen LogP contribution in [0.3, 0.4) is 0 Å².